The molecule has 0 radical (unpaired) electrons. The fourth-order valence-electron chi connectivity index (χ4n) is 1.63. The van der Waals surface area contributed by atoms with E-state index in [4.69, 9.17) is 0 Å². The van der Waals surface area contributed by atoms with Crippen molar-refractivity contribution in [3.63, 3.8) is 0 Å². The molecular formula is C13H18F3NO. The molecule has 0 saturated carbocycles. The summed E-state index contributed by atoms with van der Waals surface area (Å²) >= 11 is 0. The number of halogens is 3. The van der Waals surface area contributed by atoms with E-state index in [1.54, 1.807) is 0 Å². The van der Waals surface area contributed by atoms with Gasteiger partial charge in [-0.25, -0.2) is 0 Å². The first-order valence-corrected chi connectivity index (χ1v) is 5.78. The Labute approximate surface area is 105 Å². The Morgan fingerprint density at radius 2 is 1.72 bits per heavy atom. The molecular weight excluding hydrogens is 243 g/mol. The first kappa shape index (κ1) is 15.0. The first-order chi connectivity index (χ1) is 8.31. The molecule has 0 amide bonds. The minimum Gasteiger partial charge on any atom is -0.314 e. The van der Waals surface area contributed by atoms with Gasteiger partial charge in [0.2, 0.25) is 0 Å². The van der Waals surface area contributed by atoms with Crippen LogP contribution in [0.3, 0.4) is 0 Å². The van der Waals surface area contributed by atoms with Crippen molar-refractivity contribution in [1.82, 2.24) is 5.32 Å². The number of alkyl halides is 3. The van der Waals surface area contributed by atoms with Gasteiger partial charge in [0.05, 0.1) is 6.61 Å². The maximum atomic E-state index is 11.7. The predicted molar refractivity (Wildman–Crippen MR) is 64.3 cm³/mol. The van der Waals surface area contributed by atoms with Gasteiger partial charge >= 0.3 is 6.36 Å². The second-order valence-corrected chi connectivity index (χ2v) is 4.72. The number of hydrogen-bond acceptors (Lipinski definition) is 2. The highest BCUT2D eigenvalue weighted by Crippen LogP contribution is 2.21. The molecule has 0 aliphatic carbocycles. The van der Waals surface area contributed by atoms with E-state index in [0.29, 0.717) is 6.54 Å². The summed E-state index contributed by atoms with van der Waals surface area (Å²) in [4.78, 5) is 0. The summed E-state index contributed by atoms with van der Waals surface area (Å²) in [5, 5.41) is 2.97. The van der Waals surface area contributed by atoms with Crippen LogP contribution in [0, 0.1) is 0 Å². The summed E-state index contributed by atoms with van der Waals surface area (Å²) in [5.74, 6) is 0. The van der Waals surface area contributed by atoms with E-state index in [1.165, 1.54) is 0 Å². The average molecular weight is 261 g/mol. The van der Waals surface area contributed by atoms with Crippen molar-refractivity contribution in [2.24, 2.45) is 0 Å². The summed E-state index contributed by atoms with van der Waals surface area (Å²) < 4.78 is 38.9. The third kappa shape index (κ3) is 5.51. The highest BCUT2D eigenvalue weighted by molar-refractivity contribution is 5.23. The topological polar surface area (TPSA) is 21.3 Å². The van der Waals surface area contributed by atoms with Crippen molar-refractivity contribution in [1.29, 1.82) is 0 Å². The molecule has 102 valence electrons. The Morgan fingerprint density at radius 3 is 2.28 bits per heavy atom. The van der Waals surface area contributed by atoms with Crippen molar-refractivity contribution >= 4 is 0 Å². The lowest BCUT2D eigenvalue weighted by Gasteiger charge is -2.25. The van der Waals surface area contributed by atoms with Crippen LogP contribution >= 0.6 is 0 Å². The van der Waals surface area contributed by atoms with Gasteiger partial charge in [0, 0.05) is 18.5 Å². The zero-order chi connectivity index (χ0) is 13.6. The molecule has 0 spiro atoms. The number of hydrogen-bond donors (Lipinski definition) is 1. The molecule has 1 rings (SSSR count). The summed E-state index contributed by atoms with van der Waals surface area (Å²) in [7, 11) is 0. The molecule has 18 heavy (non-hydrogen) atoms. The lowest BCUT2D eigenvalue weighted by Crippen LogP contribution is -2.35. The average Bonchev–Trinajstić information content (AvgIpc) is 2.28. The molecule has 0 unspecified atom stereocenters. The molecule has 0 aromatic heterocycles. The maximum absolute atomic E-state index is 11.7. The van der Waals surface area contributed by atoms with Crippen molar-refractivity contribution in [3.05, 3.63) is 35.9 Å². The van der Waals surface area contributed by atoms with E-state index < -0.39 is 6.36 Å². The number of ether oxygens (including phenoxy) is 1. The first-order valence-electron chi connectivity index (χ1n) is 5.78. The van der Waals surface area contributed by atoms with Crippen LogP contribution in [-0.4, -0.2) is 26.1 Å². The fourth-order valence-corrected chi connectivity index (χ4v) is 1.63. The third-order valence-electron chi connectivity index (χ3n) is 2.67. The lowest BCUT2D eigenvalue weighted by atomic mass is 9.85. The summed E-state index contributed by atoms with van der Waals surface area (Å²) in [6, 6.07) is 9.85. The fraction of sp³-hybridized carbons (Fsp3) is 0.538. The Bertz CT molecular complexity index is 349. The molecule has 2 nitrogen and oxygen atoms in total. The standard InChI is InChI=1S/C13H18F3NO/c1-12(2,11-6-4-3-5-7-11)10-17-8-9-18-13(14,15)16/h3-7,17H,8-10H2,1-2H3. The van der Waals surface area contributed by atoms with Gasteiger partial charge in [-0.2, -0.15) is 0 Å². The highest BCUT2D eigenvalue weighted by atomic mass is 19.4. The number of benzene rings is 1. The van der Waals surface area contributed by atoms with Crippen LogP contribution in [0.1, 0.15) is 19.4 Å². The number of nitrogens with one attached hydrogen (secondary N) is 1. The molecule has 1 aromatic carbocycles. The Kier molecular flexibility index (Phi) is 5.16. The summed E-state index contributed by atoms with van der Waals surface area (Å²) in [6.45, 7) is 4.49. The van der Waals surface area contributed by atoms with Crippen LogP contribution in [-0.2, 0) is 10.2 Å². The zero-order valence-electron chi connectivity index (χ0n) is 10.6. The van der Waals surface area contributed by atoms with E-state index in [-0.39, 0.29) is 18.6 Å². The molecule has 0 aliphatic heterocycles. The van der Waals surface area contributed by atoms with Crippen molar-refractivity contribution in [2.75, 3.05) is 19.7 Å². The molecule has 0 bridgehead atoms. The van der Waals surface area contributed by atoms with Crippen LogP contribution in [0.2, 0.25) is 0 Å². The molecule has 0 atom stereocenters. The van der Waals surface area contributed by atoms with E-state index in [0.717, 1.165) is 5.56 Å². The van der Waals surface area contributed by atoms with Gasteiger partial charge in [0.25, 0.3) is 0 Å². The molecule has 0 saturated heterocycles. The molecule has 1 aromatic rings. The zero-order valence-corrected chi connectivity index (χ0v) is 10.6. The predicted octanol–water partition coefficient (Wildman–Crippen LogP) is 3.09. The Hall–Kier alpha value is -1.07. The van der Waals surface area contributed by atoms with Gasteiger partial charge in [-0.05, 0) is 5.56 Å². The minimum atomic E-state index is -4.55. The number of rotatable bonds is 6. The van der Waals surface area contributed by atoms with Gasteiger partial charge in [-0.3, -0.25) is 4.74 Å². The van der Waals surface area contributed by atoms with E-state index >= 15 is 0 Å². The Morgan fingerprint density at radius 1 is 1.11 bits per heavy atom. The highest BCUT2D eigenvalue weighted by Gasteiger charge is 2.28. The van der Waals surface area contributed by atoms with E-state index in [1.807, 2.05) is 44.2 Å². The van der Waals surface area contributed by atoms with Crippen LogP contribution in [0.15, 0.2) is 30.3 Å². The monoisotopic (exact) mass is 261 g/mol. The normalized spacial score (nSPS) is 12.7. The largest absolute Gasteiger partial charge is 0.522 e. The van der Waals surface area contributed by atoms with E-state index in [9.17, 15) is 13.2 Å². The van der Waals surface area contributed by atoms with Crippen LogP contribution in [0.5, 0.6) is 0 Å². The quantitative estimate of drug-likeness (QED) is 0.794. The van der Waals surface area contributed by atoms with Crippen LogP contribution in [0.25, 0.3) is 0 Å². The molecule has 0 aliphatic rings. The second kappa shape index (κ2) is 6.20. The van der Waals surface area contributed by atoms with Crippen LogP contribution in [0.4, 0.5) is 13.2 Å². The molecule has 0 fully saturated rings. The van der Waals surface area contributed by atoms with Gasteiger partial charge < -0.3 is 5.32 Å². The maximum Gasteiger partial charge on any atom is 0.522 e. The smallest absolute Gasteiger partial charge is 0.314 e. The van der Waals surface area contributed by atoms with Crippen LogP contribution < -0.4 is 5.32 Å². The molecule has 0 heterocycles. The van der Waals surface area contributed by atoms with Gasteiger partial charge in [0.1, 0.15) is 0 Å². The van der Waals surface area contributed by atoms with Gasteiger partial charge in [-0.15, -0.1) is 13.2 Å². The third-order valence-corrected chi connectivity index (χ3v) is 2.67. The van der Waals surface area contributed by atoms with Crippen molar-refractivity contribution in [3.8, 4) is 0 Å². The second-order valence-electron chi connectivity index (χ2n) is 4.72. The van der Waals surface area contributed by atoms with Crippen molar-refractivity contribution < 1.29 is 17.9 Å². The lowest BCUT2D eigenvalue weighted by molar-refractivity contribution is -0.323. The summed E-state index contributed by atoms with van der Waals surface area (Å²) in [5.41, 5.74) is 1.02. The van der Waals surface area contributed by atoms with Gasteiger partial charge in [-0.1, -0.05) is 44.2 Å². The van der Waals surface area contributed by atoms with E-state index in [2.05, 4.69) is 10.1 Å². The SMILES string of the molecule is CC(C)(CNCCOC(F)(F)F)c1ccccc1. The molecule has 5 heteroatoms. The summed E-state index contributed by atoms with van der Waals surface area (Å²) in [6.07, 6.45) is -4.55. The minimum absolute atomic E-state index is 0.126. The van der Waals surface area contributed by atoms with Crippen molar-refractivity contribution in [2.45, 2.75) is 25.6 Å². The Balaban J connectivity index is 2.30. The molecule has 1 N–H and O–H groups in total. The van der Waals surface area contributed by atoms with Gasteiger partial charge in [0.15, 0.2) is 0 Å².